The summed E-state index contributed by atoms with van der Waals surface area (Å²) in [5.74, 6) is 0.905. The standard InChI is InChI=1S/C16H27NO2/c1-3-11-17-12-7-8-15(2)18-13-14-19-16-9-5-4-6-10-16/h4-6,9-10,15,17H,3,7-8,11-14H2,1-2H3. The minimum atomic E-state index is 0.308. The van der Waals surface area contributed by atoms with Crippen LogP contribution in [0.5, 0.6) is 5.75 Å². The van der Waals surface area contributed by atoms with Crippen LogP contribution in [0.15, 0.2) is 30.3 Å². The zero-order valence-electron chi connectivity index (χ0n) is 12.2. The van der Waals surface area contributed by atoms with E-state index in [4.69, 9.17) is 9.47 Å². The highest BCUT2D eigenvalue weighted by Crippen LogP contribution is 2.08. The van der Waals surface area contributed by atoms with Crippen LogP contribution in [0.2, 0.25) is 0 Å². The number of rotatable bonds is 11. The van der Waals surface area contributed by atoms with Crippen LogP contribution < -0.4 is 10.1 Å². The Labute approximate surface area is 117 Å². The molecule has 1 aromatic rings. The van der Waals surface area contributed by atoms with Crippen molar-refractivity contribution in [1.82, 2.24) is 5.32 Å². The molecule has 1 aromatic carbocycles. The molecule has 0 aliphatic rings. The lowest BCUT2D eigenvalue weighted by Crippen LogP contribution is -2.19. The molecule has 0 bridgehead atoms. The molecule has 3 heteroatoms. The van der Waals surface area contributed by atoms with Gasteiger partial charge in [-0.25, -0.2) is 0 Å². The molecule has 0 saturated carbocycles. The lowest BCUT2D eigenvalue weighted by atomic mass is 10.2. The Morgan fingerprint density at radius 2 is 1.89 bits per heavy atom. The van der Waals surface area contributed by atoms with Gasteiger partial charge in [0.05, 0.1) is 12.7 Å². The summed E-state index contributed by atoms with van der Waals surface area (Å²) in [6, 6.07) is 9.86. The van der Waals surface area contributed by atoms with E-state index in [9.17, 15) is 0 Å². The Bertz CT molecular complexity index is 303. The van der Waals surface area contributed by atoms with E-state index in [1.807, 2.05) is 30.3 Å². The molecular weight excluding hydrogens is 238 g/mol. The quantitative estimate of drug-likeness (QED) is 0.623. The summed E-state index contributed by atoms with van der Waals surface area (Å²) in [7, 11) is 0. The van der Waals surface area contributed by atoms with E-state index < -0.39 is 0 Å². The van der Waals surface area contributed by atoms with Gasteiger partial charge in [-0.1, -0.05) is 25.1 Å². The third-order valence-electron chi connectivity index (χ3n) is 2.89. The van der Waals surface area contributed by atoms with Gasteiger partial charge in [0, 0.05) is 0 Å². The van der Waals surface area contributed by atoms with Crippen LogP contribution >= 0.6 is 0 Å². The Hall–Kier alpha value is -1.06. The van der Waals surface area contributed by atoms with E-state index in [1.54, 1.807) is 0 Å². The molecule has 1 rings (SSSR count). The van der Waals surface area contributed by atoms with Crippen LogP contribution in [0, 0.1) is 0 Å². The fourth-order valence-corrected chi connectivity index (χ4v) is 1.83. The minimum Gasteiger partial charge on any atom is -0.491 e. The summed E-state index contributed by atoms with van der Waals surface area (Å²) in [5, 5.41) is 3.40. The second kappa shape index (κ2) is 10.8. The average molecular weight is 265 g/mol. The molecule has 0 radical (unpaired) electrons. The van der Waals surface area contributed by atoms with E-state index in [0.29, 0.717) is 19.3 Å². The van der Waals surface area contributed by atoms with Gasteiger partial charge in [-0.3, -0.25) is 0 Å². The molecular formula is C16H27NO2. The van der Waals surface area contributed by atoms with Gasteiger partial charge in [0.25, 0.3) is 0 Å². The summed E-state index contributed by atoms with van der Waals surface area (Å²) < 4.78 is 11.3. The maximum absolute atomic E-state index is 5.72. The van der Waals surface area contributed by atoms with Gasteiger partial charge in [0.15, 0.2) is 0 Å². The lowest BCUT2D eigenvalue weighted by Gasteiger charge is -2.13. The fourth-order valence-electron chi connectivity index (χ4n) is 1.83. The summed E-state index contributed by atoms with van der Waals surface area (Å²) in [4.78, 5) is 0. The van der Waals surface area contributed by atoms with Crippen LogP contribution in [0.25, 0.3) is 0 Å². The zero-order chi connectivity index (χ0) is 13.8. The second-order valence-electron chi connectivity index (χ2n) is 4.74. The summed E-state index contributed by atoms with van der Waals surface area (Å²) >= 11 is 0. The van der Waals surface area contributed by atoms with Crippen LogP contribution in [0.1, 0.15) is 33.1 Å². The lowest BCUT2D eigenvalue weighted by molar-refractivity contribution is 0.0389. The summed E-state index contributed by atoms with van der Waals surface area (Å²) in [5.41, 5.74) is 0. The van der Waals surface area contributed by atoms with Gasteiger partial charge < -0.3 is 14.8 Å². The van der Waals surface area contributed by atoms with Gasteiger partial charge in [-0.05, 0) is 51.4 Å². The first-order chi connectivity index (χ1) is 9.33. The Kier molecular flexibility index (Phi) is 9.11. The van der Waals surface area contributed by atoms with E-state index in [2.05, 4.69) is 19.2 Å². The maximum atomic E-state index is 5.72. The molecule has 0 fully saturated rings. The molecule has 0 aliphatic heterocycles. The van der Waals surface area contributed by atoms with Gasteiger partial charge in [0.2, 0.25) is 0 Å². The molecule has 0 aromatic heterocycles. The second-order valence-corrected chi connectivity index (χ2v) is 4.74. The van der Waals surface area contributed by atoms with Crippen molar-refractivity contribution in [2.45, 2.75) is 39.2 Å². The van der Waals surface area contributed by atoms with Crippen LogP contribution in [-0.4, -0.2) is 32.4 Å². The van der Waals surface area contributed by atoms with Gasteiger partial charge in [-0.2, -0.15) is 0 Å². The first-order valence-corrected chi connectivity index (χ1v) is 7.33. The predicted molar refractivity (Wildman–Crippen MR) is 79.7 cm³/mol. The van der Waals surface area contributed by atoms with Crippen LogP contribution in [0.3, 0.4) is 0 Å². The van der Waals surface area contributed by atoms with E-state index >= 15 is 0 Å². The largest absolute Gasteiger partial charge is 0.491 e. The normalized spacial score (nSPS) is 12.3. The Morgan fingerprint density at radius 3 is 2.63 bits per heavy atom. The number of para-hydroxylation sites is 1. The predicted octanol–water partition coefficient (Wildman–Crippen LogP) is 3.25. The van der Waals surface area contributed by atoms with Crippen molar-refractivity contribution in [3.63, 3.8) is 0 Å². The van der Waals surface area contributed by atoms with Crippen molar-refractivity contribution in [3.05, 3.63) is 30.3 Å². The summed E-state index contributed by atoms with van der Waals surface area (Å²) in [6.07, 6.45) is 3.77. The molecule has 0 spiro atoms. The zero-order valence-corrected chi connectivity index (χ0v) is 12.2. The van der Waals surface area contributed by atoms with Crippen molar-refractivity contribution in [2.24, 2.45) is 0 Å². The minimum absolute atomic E-state index is 0.308. The van der Waals surface area contributed by atoms with Crippen LogP contribution in [-0.2, 0) is 4.74 Å². The molecule has 1 unspecified atom stereocenters. The topological polar surface area (TPSA) is 30.5 Å². The van der Waals surface area contributed by atoms with Crippen molar-refractivity contribution < 1.29 is 9.47 Å². The Morgan fingerprint density at radius 1 is 1.11 bits per heavy atom. The fraction of sp³-hybridized carbons (Fsp3) is 0.625. The molecule has 1 N–H and O–H groups in total. The van der Waals surface area contributed by atoms with E-state index in [0.717, 1.165) is 25.3 Å². The molecule has 0 aliphatic carbocycles. The first kappa shape index (κ1) is 16.0. The molecule has 1 atom stereocenters. The molecule has 0 saturated heterocycles. The molecule has 0 heterocycles. The molecule has 19 heavy (non-hydrogen) atoms. The molecule has 3 nitrogen and oxygen atoms in total. The highest BCUT2D eigenvalue weighted by molar-refractivity contribution is 5.20. The van der Waals surface area contributed by atoms with E-state index in [-0.39, 0.29) is 0 Å². The van der Waals surface area contributed by atoms with Gasteiger partial charge in [-0.15, -0.1) is 0 Å². The number of hydrogen-bond acceptors (Lipinski definition) is 3. The highest BCUT2D eigenvalue weighted by Gasteiger charge is 2.01. The number of hydrogen-bond donors (Lipinski definition) is 1. The number of nitrogens with one attached hydrogen (secondary N) is 1. The summed E-state index contributed by atoms with van der Waals surface area (Å²) in [6.45, 7) is 7.77. The SMILES string of the molecule is CCCNCCCC(C)OCCOc1ccccc1. The van der Waals surface area contributed by atoms with Crippen molar-refractivity contribution >= 4 is 0 Å². The maximum Gasteiger partial charge on any atom is 0.119 e. The number of ether oxygens (including phenoxy) is 2. The van der Waals surface area contributed by atoms with Gasteiger partial charge in [0.1, 0.15) is 12.4 Å². The van der Waals surface area contributed by atoms with E-state index in [1.165, 1.54) is 12.8 Å². The third-order valence-corrected chi connectivity index (χ3v) is 2.89. The Balaban J connectivity index is 1.94. The monoisotopic (exact) mass is 265 g/mol. The smallest absolute Gasteiger partial charge is 0.119 e. The van der Waals surface area contributed by atoms with Crippen molar-refractivity contribution in [1.29, 1.82) is 0 Å². The first-order valence-electron chi connectivity index (χ1n) is 7.33. The van der Waals surface area contributed by atoms with Crippen molar-refractivity contribution in [3.8, 4) is 5.75 Å². The third kappa shape index (κ3) is 8.62. The molecule has 108 valence electrons. The average Bonchev–Trinajstić information content (AvgIpc) is 2.44. The van der Waals surface area contributed by atoms with Crippen LogP contribution in [0.4, 0.5) is 0 Å². The van der Waals surface area contributed by atoms with Gasteiger partial charge >= 0.3 is 0 Å². The number of benzene rings is 1. The van der Waals surface area contributed by atoms with Crippen molar-refractivity contribution in [2.75, 3.05) is 26.3 Å². The highest BCUT2D eigenvalue weighted by atomic mass is 16.5. The molecule has 0 amide bonds.